The van der Waals surface area contributed by atoms with Gasteiger partial charge in [-0.2, -0.15) is 0 Å². The second-order valence-corrected chi connectivity index (χ2v) is 8.59. The molecule has 3 aromatic carbocycles. The van der Waals surface area contributed by atoms with E-state index in [2.05, 4.69) is 4.72 Å². The van der Waals surface area contributed by atoms with Crippen LogP contribution in [0.3, 0.4) is 0 Å². The lowest BCUT2D eigenvalue weighted by Crippen LogP contribution is -2.13. The first-order chi connectivity index (χ1) is 12.8. The number of hydrogen-bond acceptors (Lipinski definition) is 5. The second-order valence-electron chi connectivity index (χ2n) is 5.92. The molecule has 3 rings (SSSR count). The summed E-state index contributed by atoms with van der Waals surface area (Å²) in [5, 5.41) is 20.0. The molecule has 0 unspecified atom stereocenters. The second kappa shape index (κ2) is 7.50. The van der Waals surface area contributed by atoms with E-state index < -0.39 is 16.0 Å². The Hall–Kier alpha value is -2.71. The fraction of sp³-hybridized carbons (Fsp3) is 0.105. The van der Waals surface area contributed by atoms with Crippen LogP contribution in [0.5, 0.6) is 5.75 Å². The molecule has 0 aliphatic carbocycles. The molecule has 0 amide bonds. The zero-order chi connectivity index (χ0) is 19.6. The van der Waals surface area contributed by atoms with Crippen molar-refractivity contribution in [3.63, 3.8) is 0 Å². The molecular formula is C19H17NO5S2. The summed E-state index contributed by atoms with van der Waals surface area (Å²) in [4.78, 5) is 11.0. The number of benzene rings is 3. The van der Waals surface area contributed by atoms with Gasteiger partial charge < -0.3 is 10.2 Å². The van der Waals surface area contributed by atoms with E-state index in [1.165, 1.54) is 6.07 Å². The number of anilines is 1. The van der Waals surface area contributed by atoms with Gasteiger partial charge in [0.25, 0.3) is 10.0 Å². The van der Waals surface area contributed by atoms with Crippen molar-refractivity contribution in [2.75, 3.05) is 10.5 Å². The van der Waals surface area contributed by atoms with E-state index in [1.54, 1.807) is 48.5 Å². The van der Waals surface area contributed by atoms with Crippen LogP contribution in [0.15, 0.2) is 64.4 Å². The number of phenolic OH excluding ortho intramolecular Hbond substituents is 1. The molecule has 0 saturated heterocycles. The summed E-state index contributed by atoms with van der Waals surface area (Å²) in [5.41, 5.74) is 1.41. The van der Waals surface area contributed by atoms with E-state index in [0.29, 0.717) is 16.5 Å². The molecule has 8 heteroatoms. The molecule has 0 heterocycles. The van der Waals surface area contributed by atoms with Gasteiger partial charge in [0.15, 0.2) is 0 Å². The highest BCUT2D eigenvalue weighted by Crippen LogP contribution is 2.39. The van der Waals surface area contributed by atoms with Crippen LogP contribution in [0.4, 0.5) is 5.69 Å². The predicted octanol–water partition coefficient (Wildman–Crippen LogP) is 3.83. The normalized spacial score (nSPS) is 11.4. The van der Waals surface area contributed by atoms with E-state index in [-0.39, 0.29) is 21.3 Å². The summed E-state index contributed by atoms with van der Waals surface area (Å²) < 4.78 is 28.5. The van der Waals surface area contributed by atoms with Crippen LogP contribution in [0.2, 0.25) is 0 Å². The minimum Gasteiger partial charge on any atom is -0.506 e. The maximum Gasteiger partial charge on any atom is 0.313 e. The van der Waals surface area contributed by atoms with Crippen LogP contribution in [-0.4, -0.2) is 30.4 Å². The smallest absolute Gasteiger partial charge is 0.313 e. The monoisotopic (exact) mass is 403 g/mol. The van der Waals surface area contributed by atoms with Gasteiger partial charge in [0.05, 0.1) is 15.5 Å². The molecule has 3 N–H and O–H groups in total. The number of sulfonamides is 1. The Morgan fingerprint density at radius 3 is 2.33 bits per heavy atom. The van der Waals surface area contributed by atoms with Crippen LogP contribution in [0.25, 0.3) is 10.8 Å². The zero-order valence-corrected chi connectivity index (χ0v) is 16.0. The number of rotatable bonds is 6. The van der Waals surface area contributed by atoms with Gasteiger partial charge in [0, 0.05) is 16.5 Å². The molecule has 6 nitrogen and oxygen atoms in total. The van der Waals surface area contributed by atoms with Crippen molar-refractivity contribution < 1.29 is 23.4 Å². The summed E-state index contributed by atoms with van der Waals surface area (Å²) >= 11 is 0.867. The molecule has 0 aliphatic rings. The number of aromatic hydroxyl groups is 1. The van der Waals surface area contributed by atoms with Crippen molar-refractivity contribution in [1.29, 1.82) is 0 Å². The number of nitrogens with one attached hydrogen (secondary N) is 1. The Kier molecular flexibility index (Phi) is 5.29. The van der Waals surface area contributed by atoms with Gasteiger partial charge in [0.1, 0.15) is 5.75 Å². The summed E-state index contributed by atoms with van der Waals surface area (Å²) in [5.74, 6) is -1.49. The molecule has 0 aromatic heterocycles. The number of aliphatic carboxylic acids is 1. The van der Waals surface area contributed by atoms with Crippen molar-refractivity contribution in [2.45, 2.75) is 16.7 Å². The number of carbonyl (C=O) groups is 1. The first kappa shape index (κ1) is 19.1. The third-order valence-electron chi connectivity index (χ3n) is 3.89. The number of fused-ring (bicyclic) bond motifs is 1. The van der Waals surface area contributed by atoms with Gasteiger partial charge in [-0.1, -0.05) is 42.0 Å². The quantitative estimate of drug-likeness (QED) is 0.541. The van der Waals surface area contributed by atoms with Gasteiger partial charge in [-0.3, -0.25) is 9.52 Å². The topological polar surface area (TPSA) is 104 Å². The van der Waals surface area contributed by atoms with E-state index in [0.717, 1.165) is 17.3 Å². The Morgan fingerprint density at radius 2 is 1.70 bits per heavy atom. The number of carboxylic acids is 1. The lowest BCUT2D eigenvalue weighted by atomic mass is 10.1. The SMILES string of the molecule is Cc1ccc(NS(=O)(=O)c2cc(SCC(=O)O)c(O)c3ccccc23)cc1. The standard InChI is InChI=1S/C19H17NO5S2/c1-12-6-8-13(9-7-12)20-27(24,25)17-10-16(26-11-18(21)22)19(23)15-5-3-2-4-14(15)17/h2-10,20,23H,11H2,1H3,(H,21,22). The highest BCUT2D eigenvalue weighted by atomic mass is 32.2. The Balaban J connectivity index is 2.12. The van der Waals surface area contributed by atoms with E-state index >= 15 is 0 Å². The summed E-state index contributed by atoms with van der Waals surface area (Å²) in [6.07, 6.45) is 0. The van der Waals surface area contributed by atoms with Crippen molar-refractivity contribution in [3.8, 4) is 5.75 Å². The molecule has 3 aromatic rings. The van der Waals surface area contributed by atoms with Crippen molar-refractivity contribution in [3.05, 3.63) is 60.2 Å². The first-order valence-electron chi connectivity index (χ1n) is 7.97. The molecule has 140 valence electrons. The molecule has 0 aliphatic heterocycles. The van der Waals surface area contributed by atoms with E-state index in [9.17, 15) is 18.3 Å². The molecule has 0 bridgehead atoms. The molecule has 0 fully saturated rings. The maximum atomic E-state index is 13.0. The third kappa shape index (κ3) is 4.17. The molecule has 0 radical (unpaired) electrons. The number of carboxylic acid groups (broad SMARTS) is 1. The van der Waals surface area contributed by atoms with Crippen molar-refractivity contribution >= 4 is 44.2 Å². The number of phenols is 1. The fourth-order valence-electron chi connectivity index (χ4n) is 2.61. The highest BCUT2D eigenvalue weighted by Gasteiger charge is 2.22. The summed E-state index contributed by atoms with van der Waals surface area (Å²) in [7, 11) is -3.95. The van der Waals surface area contributed by atoms with Gasteiger partial charge in [-0.15, -0.1) is 11.8 Å². The zero-order valence-electron chi connectivity index (χ0n) is 14.3. The van der Waals surface area contributed by atoms with Gasteiger partial charge in [0.2, 0.25) is 0 Å². The Bertz CT molecular complexity index is 1110. The average molecular weight is 403 g/mol. The summed E-state index contributed by atoms with van der Waals surface area (Å²) in [6, 6.07) is 14.8. The highest BCUT2D eigenvalue weighted by molar-refractivity contribution is 8.00. The molecule has 27 heavy (non-hydrogen) atoms. The fourth-order valence-corrected chi connectivity index (χ4v) is 4.70. The maximum absolute atomic E-state index is 13.0. The lowest BCUT2D eigenvalue weighted by Gasteiger charge is -2.14. The third-order valence-corrected chi connectivity index (χ3v) is 6.32. The molecule has 0 saturated carbocycles. The van der Waals surface area contributed by atoms with Crippen molar-refractivity contribution in [1.82, 2.24) is 0 Å². The Morgan fingerprint density at radius 1 is 1.07 bits per heavy atom. The number of thioether (sulfide) groups is 1. The van der Waals surface area contributed by atoms with Crippen LogP contribution in [-0.2, 0) is 14.8 Å². The van der Waals surface area contributed by atoms with Crippen LogP contribution in [0.1, 0.15) is 5.56 Å². The predicted molar refractivity (Wildman–Crippen MR) is 106 cm³/mol. The van der Waals surface area contributed by atoms with Crippen LogP contribution >= 0.6 is 11.8 Å². The van der Waals surface area contributed by atoms with Gasteiger partial charge in [-0.05, 0) is 25.1 Å². The minimum absolute atomic E-state index is 0.0237. The largest absolute Gasteiger partial charge is 0.506 e. The number of hydrogen-bond donors (Lipinski definition) is 3. The van der Waals surface area contributed by atoms with Crippen LogP contribution in [0, 0.1) is 6.92 Å². The van der Waals surface area contributed by atoms with Gasteiger partial charge >= 0.3 is 5.97 Å². The van der Waals surface area contributed by atoms with E-state index in [1.807, 2.05) is 6.92 Å². The summed E-state index contributed by atoms with van der Waals surface area (Å²) in [6.45, 7) is 1.90. The number of aryl methyl sites for hydroxylation is 1. The van der Waals surface area contributed by atoms with Gasteiger partial charge in [-0.25, -0.2) is 8.42 Å². The lowest BCUT2D eigenvalue weighted by molar-refractivity contribution is -0.133. The Labute approximate surface area is 160 Å². The molecule has 0 atom stereocenters. The van der Waals surface area contributed by atoms with Crippen molar-refractivity contribution in [2.24, 2.45) is 0 Å². The molecular weight excluding hydrogens is 386 g/mol. The first-order valence-corrected chi connectivity index (χ1v) is 10.4. The average Bonchev–Trinajstić information content (AvgIpc) is 2.63. The molecule has 0 spiro atoms. The van der Waals surface area contributed by atoms with Crippen LogP contribution < -0.4 is 4.72 Å². The van der Waals surface area contributed by atoms with E-state index in [4.69, 9.17) is 5.11 Å². The minimum atomic E-state index is -3.95.